The van der Waals surface area contributed by atoms with Crippen LogP contribution in [-0.4, -0.2) is 59.0 Å². The number of Topliss-reactive ketones (excluding diaryl/α,β-unsaturated/α-hetero) is 1. The molecule has 0 bridgehead atoms. The molecular formula is C21H29Cl2F2N3O3. The summed E-state index contributed by atoms with van der Waals surface area (Å²) in [5.74, 6) is -3.01. The van der Waals surface area contributed by atoms with Gasteiger partial charge in [0.2, 0.25) is 0 Å². The van der Waals surface area contributed by atoms with E-state index in [0.717, 1.165) is 12.8 Å². The zero-order valence-corrected chi connectivity index (χ0v) is 19.0. The molecule has 3 N–H and O–H groups in total. The van der Waals surface area contributed by atoms with Crippen LogP contribution in [0.2, 0.25) is 0 Å². The van der Waals surface area contributed by atoms with Crippen molar-refractivity contribution in [1.29, 1.82) is 0 Å². The number of aliphatic carboxylic acids is 1. The minimum atomic E-state index is -1.17. The summed E-state index contributed by atoms with van der Waals surface area (Å²) in [4.78, 5) is 28.0. The van der Waals surface area contributed by atoms with Crippen LogP contribution in [0, 0.1) is 17.8 Å². The largest absolute Gasteiger partial charge is 0.481 e. The Balaban J connectivity index is 0.00000171. The Kier molecular flexibility index (Phi) is 8.16. The number of fused-ring (bicyclic) bond motifs is 1. The van der Waals surface area contributed by atoms with Crippen LogP contribution in [0.15, 0.2) is 34.6 Å². The number of carboxylic acids is 1. The second-order valence-electron chi connectivity index (χ2n) is 8.53. The van der Waals surface area contributed by atoms with Crippen molar-refractivity contribution in [1.82, 2.24) is 9.80 Å². The predicted octanol–water partition coefficient (Wildman–Crippen LogP) is 3.19. The molecule has 0 aromatic heterocycles. The molecule has 0 aromatic rings. The summed E-state index contributed by atoms with van der Waals surface area (Å²) >= 11 is 0. The first-order valence-electron chi connectivity index (χ1n) is 10.3. The minimum absolute atomic E-state index is 0. The lowest BCUT2D eigenvalue weighted by molar-refractivity contribution is -0.146. The maximum atomic E-state index is 15.2. The molecule has 2 fully saturated rings. The molecule has 174 valence electrons. The number of carbonyl (C=O) groups excluding carboxylic acids is 1. The monoisotopic (exact) mass is 479 g/mol. The standard InChI is InChI=1S/C21H27F2N3O3.2ClH/c1-11-18(25-7-5-12(4-6-22)16(24)10-25)15(23)9-26-8-14(21(28)29)20(27)17(19(11)26)13-2-3-13;;/h9,12-14,16H,2-8,10,24H2,1H3,(H,28,29);2*1H/t12-,14?,16+;;/m0../s1. The fourth-order valence-electron chi connectivity index (χ4n) is 4.93. The van der Waals surface area contributed by atoms with Gasteiger partial charge in [-0.25, -0.2) is 4.39 Å². The molecule has 0 spiro atoms. The van der Waals surface area contributed by atoms with Gasteiger partial charge in [0.05, 0.1) is 18.1 Å². The molecule has 0 radical (unpaired) electrons. The second kappa shape index (κ2) is 9.88. The van der Waals surface area contributed by atoms with Gasteiger partial charge in [-0.15, -0.1) is 24.8 Å². The number of hydrogen-bond acceptors (Lipinski definition) is 5. The second-order valence-corrected chi connectivity index (χ2v) is 8.53. The van der Waals surface area contributed by atoms with E-state index in [2.05, 4.69) is 0 Å². The van der Waals surface area contributed by atoms with Crippen LogP contribution >= 0.6 is 24.8 Å². The molecule has 3 heterocycles. The first-order chi connectivity index (χ1) is 13.8. The van der Waals surface area contributed by atoms with Crippen LogP contribution < -0.4 is 5.73 Å². The number of likely N-dealkylation sites (tertiary alicyclic amines) is 1. The summed E-state index contributed by atoms with van der Waals surface area (Å²) in [6.45, 7) is 2.32. The molecular weight excluding hydrogens is 451 g/mol. The quantitative estimate of drug-likeness (QED) is 0.588. The van der Waals surface area contributed by atoms with Crippen molar-refractivity contribution >= 4 is 36.6 Å². The van der Waals surface area contributed by atoms with E-state index in [1.807, 2.05) is 4.90 Å². The molecule has 6 nitrogen and oxygen atoms in total. The van der Waals surface area contributed by atoms with E-state index in [1.54, 1.807) is 11.8 Å². The van der Waals surface area contributed by atoms with Crippen molar-refractivity contribution in [2.75, 3.05) is 26.3 Å². The summed E-state index contributed by atoms with van der Waals surface area (Å²) in [5, 5.41) is 9.46. The Morgan fingerprint density at radius 1 is 1.23 bits per heavy atom. The number of nitrogens with zero attached hydrogens (tertiary/aromatic N) is 2. The summed E-state index contributed by atoms with van der Waals surface area (Å²) in [7, 11) is 0. The number of hydrogen-bond donors (Lipinski definition) is 2. The first-order valence-corrected chi connectivity index (χ1v) is 10.3. The van der Waals surface area contributed by atoms with Crippen LogP contribution in [0.1, 0.15) is 32.6 Å². The number of halogens is 4. The molecule has 4 rings (SSSR count). The lowest BCUT2D eigenvalue weighted by Gasteiger charge is -2.43. The zero-order valence-electron chi connectivity index (χ0n) is 17.4. The molecule has 0 amide bonds. The summed E-state index contributed by atoms with van der Waals surface area (Å²) < 4.78 is 27.9. The summed E-state index contributed by atoms with van der Waals surface area (Å²) in [6.07, 6.45) is 4.12. The van der Waals surface area contributed by atoms with Crippen LogP contribution in [0.4, 0.5) is 8.78 Å². The molecule has 0 aromatic carbocycles. The Morgan fingerprint density at radius 3 is 2.45 bits per heavy atom. The molecule has 3 aliphatic heterocycles. The highest BCUT2D eigenvalue weighted by atomic mass is 35.5. The Labute approximate surface area is 193 Å². The first kappa shape index (κ1) is 25.6. The van der Waals surface area contributed by atoms with Gasteiger partial charge in [0.25, 0.3) is 0 Å². The van der Waals surface area contributed by atoms with Gasteiger partial charge in [0, 0.05) is 37.4 Å². The Morgan fingerprint density at radius 2 is 1.90 bits per heavy atom. The summed E-state index contributed by atoms with van der Waals surface area (Å²) in [5.41, 5.74) is 8.49. The number of carbonyl (C=O) groups is 2. The SMILES string of the molecule is CC1=C(N2CC[C@H](CCF)[C@H](N)C2)C(F)=CN2CC(C(=O)O)C(=O)C(C3CC3)=C12.Cl.Cl. The van der Waals surface area contributed by atoms with Crippen molar-refractivity contribution < 1.29 is 23.5 Å². The van der Waals surface area contributed by atoms with E-state index in [1.165, 1.54) is 6.20 Å². The number of ketones is 1. The third-order valence-corrected chi connectivity index (χ3v) is 6.60. The molecule has 10 heteroatoms. The van der Waals surface area contributed by atoms with Gasteiger partial charge >= 0.3 is 5.97 Å². The fourth-order valence-corrected chi connectivity index (χ4v) is 4.93. The number of allylic oxidation sites excluding steroid dienone is 3. The molecule has 4 aliphatic rings. The van der Waals surface area contributed by atoms with Gasteiger partial charge in [0.15, 0.2) is 11.6 Å². The number of carboxylic acid groups (broad SMARTS) is 1. The van der Waals surface area contributed by atoms with E-state index in [9.17, 15) is 19.1 Å². The van der Waals surface area contributed by atoms with Gasteiger partial charge in [-0.2, -0.15) is 0 Å². The van der Waals surface area contributed by atoms with Crippen LogP contribution in [0.25, 0.3) is 0 Å². The Bertz CT molecular complexity index is 842. The van der Waals surface area contributed by atoms with Crippen molar-refractivity contribution in [2.45, 2.75) is 38.6 Å². The molecule has 31 heavy (non-hydrogen) atoms. The molecule has 1 saturated heterocycles. The topological polar surface area (TPSA) is 86.9 Å². The van der Waals surface area contributed by atoms with E-state index in [4.69, 9.17) is 5.73 Å². The normalized spacial score (nSPS) is 28.6. The highest BCUT2D eigenvalue weighted by Gasteiger charge is 2.46. The molecule has 1 aliphatic carbocycles. The number of rotatable bonds is 5. The van der Waals surface area contributed by atoms with Gasteiger partial charge in [0.1, 0.15) is 5.92 Å². The maximum absolute atomic E-state index is 15.2. The van der Waals surface area contributed by atoms with E-state index >= 15 is 4.39 Å². The fraction of sp³-hybridized carbons (Fsp3) is 0.619. The predicted molar refractivity (Wildman–Crippen MR) is 117 cm³/mol. The van der Waals surface area contributed by atoms with E-state index in [0.29, 0.717) is 48.5 Å². The van der Waals surface area contributed by atoms with Gasteiger partial charge in [-0.3, -0.25) is 14.0 Å². The summed E-state index contributed by atoms with van der Waals surface area (Å²) in [6, 6.07) is -0.244. The van der Waals surface area contributed by atoms with E-state index in [-0.39, 0.29) is 55.0 Å². The van der Waals surface area contributed by atoms with Crippen LogP contribution in [0.5, 0.6) is 0 Å². The molecule has 1 saturated carbocycles. The van der Waals surface area contributed by atoms with Crippen molar-refractivity contribution in [2.24, 2.45) is 23.5 Å². The molecule has 1 unspecified atom stereocenters. The number of alkyl halides is 1. The highest BCUT2D eigenvalue weighted by molar-refractivity contribution is 6.10. The third kappa shape index (κ3) is 4.61. The van der Waals surface area contributed by atoms with E-state index < -0.39 is 24.4 Å². The number of piperidine rings is 1. The van der Waals surface area contributed by atoms with Crippen molar-refractivity contribution in [3.8, 4) is 0 Å². The van der Waals surface area contributed by atoms with Crippen LogP contribution in [0.3, 0.4) is 0 Å². The molecule has 3 atom stereocenters. The van der Waals surface area contributed by atoms with Gasteiger partial charge in [-0.05, 0) is 50.0 Å². The maximum Gasteiger partial charge on any atom is 0.316 e. The lowest BCUT2D eigenvalue weighted by atomic mass is 9.84. The van der Waals surface area contributed by atoms with Crippen molar-refractivity contribution in [3.05, 3.63) is 34.6 Å². The lowest BCUT2D eigenvalue weighted by Crippen LogP contribution is -2.49. The number of nitrogens with two attached hydrogens (primary N) is 1. The third-order valence-electron chi connectivity index (χ3n) is 6.60. The average molecular weight is 480 g/mol. The average Bonchev–Trinajstić information content (AvgIpc) is 3.49. The van der Waals surface area contributed by atoms with Crippen molar-refractivity contribution in [3.63, 3.8) is 0 Å². The van der Waals surface area contributed by atoms with Crippen LogP contribution in [-0.2, 0) is 9.59 Å². The van der Waals surface area contributed by atoms with Gasteiger partial charge in [-0.1, -0.05) is 0 Å². The smallest absolute Gasteiger partial charge is 0.316 e. The highest BCUT2D eigenvalue weighted by Crippen LogP contribution is 2.47. The Hall–Kier alpha value is -1.64. The van der Waals surface area contributed by atoms with Gasteiger partial charge < -0.3 is 20.6 Å². The minimum Gasteiger partial charge on any atom is -0.481 e. The zero-order chi connectivity index (χ0) is 20.9.